The molecule has 3 heteroatoms. The SMILES string of the molecule is CCCC1(C)CCCN(C(=O)CCC(C)N)C1. The van der Waals surface area contributed by atoms with E-state index in [9.17, 15) is 4.79 Å². The Bertz CT molecular complexity index is 249. The van der Waals surface area contributed by atoms with Crippen molar-refractivity contribution in [1.29, 1.82) is 0 Å². The predicted octanol–water partition coefficient (Wildman–Crippen LogP) is 2.54. The molecule has 1 fully saturated rings. The Morgan fingerprint density at radius 3 is 2.82 bits per heavy atom. The third-order valence-electron chi connectivity index (χ3n) is 3.80. The van der Waals surface area contributed by atoms with E-state index < -0.39 is 0 Å². The molecule has 1 aliphatic rings. The first-order valence-corrected chi connectivity index (χ1v) is 7.00. The van der Waals surface area contributed by atoms with Gasteiger partial charge in [-0.25, -0.2) is 0 Å². The molecule has 1 amide bonds. The van der Waals surface area contributed by atoms with E-state index in [1.54, 1.807) is 0 Å². The van der Waals surface area contributed by atoms with Crippen LogP contribution in [-0.4, -0.2) is 29.9 Å². The van der Waals surface area contributed by atoms with Crippen molar-refractivity contribution in [3.8, 4) is 0 Å². The molecule has 0 aromatic carbocycles. The van der Waals surface area contributed by atoms with Crippen LogP contribution in [0.1, 0.15) is 59.3 Å². The van der Waals surface area contributed by atoms with Crippen LogP contribution >= 0.6 is 0 Å². The fourth-order valence-electron chi connectivity index (χ4n) is 2.85. The van der Waals surface area contributed by atoms with Gasteiger partial charge in [-0.2, -0.15) is 0 Å². The lowest BCUT2D eigenvalue weighted by molar-refractivity contribution is -0.134. The molecule has 1 saturated heterocycles. The fourth-order valence-corrected chi connectivity index (χ4v) is 2.85. The van der Waals surface area contributed by atoms with Crippen LogP contribution in [0.2, 0.25) is 0 Å². The molecule has 17 heavy (non-hydrogen) atoms. The maximum atomic E-state index is 12.1. The number of amides is 1. The molecular formula is C14H28N2O. The summed E-state index contributed by atoms with van der Waals surface area (Å²) < 4.78 is 0. The van der Waals surface area contributed by atoms with Crippen molar-refractivity contribution in [2.75, 3.05) is 13.1 Å². The van der Waals surface area contributed by atoms with E-state index in [1.807, 2.05) is 6.92 Å². The van der Waals surface area contributed by atoms with Gasteiger partial charge in [-0.05, 0) is 38.0 Å². The second-order valence-corrected chi connectivity index (χ2v) is 6.00. The van der Waals surface area contributed by atoms with E-state index in [-0.39, 0.29) is 6.04 Å². The van der Waals surface area contributed by atoms with Crippen molar-refractivity contribution >= 4 is 5.91 Å². The van der Waals surface area contributed by atoms with Gasteiger partial charge in [-0.1, -0.05) is 20.3 Å². The summed E-state index contributed by atoms with van der Waals surface area (Å²) in [6.45, 7) is 8.39. The average molecular weight is 240 g/mol. The summed E-state index contributed by atoms with van der Waals surface area (Å²) in [5.41, 5.74) is 6.04. The molecule has 100 valence electrons. The van der Waals surface area contributed by atoms with Crippen molar-refractivity contribution in [2.45, 2.75) is 65.3 Å². The highest BCUT2D eigenvalue weighted by molar-refractivity contribution is 5.76. The summed E-state index contributed by atoms with van der Waals surface area (Å²) in [4.78, 5) is 14.1. The van der Waals surface area contributed by atoms with Crippen LogP contribution in [0.15, 0.2) is 0 Å². The zero-order valence-electron chi connectivity index (χ0n) is 11.7. The van der Waals surface area contributed by atoms with E-state index in [2.05, 4.69) is 18.7 Å². The first kappa shape index (κ1) is 14.5. The number of rotatable bonds is 5. The molecule has 1 rings (SSSR count). The highest BCUT2D eigenvalue weighted by Crippen LogP contribution is 2.34. The number of carbonyl (C=O) groups is 1. The predicted molar refractivity (Wildman–Crippen MR) is 71.7 cm³/mol. The lowest BCUT2D eigenvalue weighted by Gasteiger charge is -2.40. The molecule has 3 nitrogen and oxygen atoms in total. The number of hydrogen-bond acceptors (Lipinski definition) is 2. The first-order chi connectivity index (χ1) is 7.97. The second kappa shape index (κ2) is 6.39. The van der Waals surface area contributed by atoms with Crippen molar-refractivity contribution in [1.82, 2.24) is 4.90 Å². The second-order valence-electron chi connectivity index (χ2n) is 6.00. The maximum Gasteiger partial charge on any atom is 0.222 e. The van der Waals surface area contributed by atoms with Crippen LogP contribution < -0.4 is 5.73 Å². The summed E-state index contributed by atoms with van der Waals surface area (Å²) >= 11 is 0. The third-order valence-corrected chi connectivity index (χ3v) is 3.80. The largest absolute Gasteiger partial charge is 0.342 e. The molecule has 2 N–H and O–H groups in total. The Labute approximate surface area is 106 Å². The van der Waals surface area contributed by atoms with E-state index in [4.69, 9.17) is 5.73 Å². The zero-order valence-corrected chi connectivity index (χ0v) is 11.7. The van der Waals surface area contributed by atoms with Crippen LogP contribution in [0.25, 0.3) is 0 Å². The van der Waals surface area contributed by atoms with E-state index >= 15 is 0 Å². The van der Waals surface area contributed by atoms with Gasteiger partial charge in [0, 0.05) is 25.6 Å². The average Bonchev–Trinajstić information content (AvgIpc) is 2.25. The minimum Gasteiger partial charge on any atom is -0.342 e. The summed E-state index contributed by atoms with van der Waals surface area (Å²) in [7, 11) is 0. The van der Waals surface area contributed by atoms with Gasteiger partial charge >= 0.3 is 0 Å². The van der Waals surface area contributed by atoms with Gasteiger partial charge in [0.05, 0.1) is 0 Å². The molecular weight excluding hydrogens is 212 g/mol. The summed E-state index contributed by atoms with van der Waals surface area (Å²) in [5, 5.41) is 0. The third kappa shape index (κ3) is 4.66. The van der Waals surface area contributed by atoms with Gasteiger partial charge in [-0.15, -0.1) is 0 Å². The summed E-state index contributed by atoms with van der Waals surface area (Å²) in [6, 6.07) is 0.130. The number of piperidine rings is 1. The van der Waals surface area contributed by atoms with E-state index in [1.165, 1.54) is 19.3 Å². The van der Waals surface area contributed by atoms with Gasteiger partial charge < -0.3 is 10.6 Å². The Kier molecular flexibility index (Phi) is 5.44. The van der Waals surface area contributed by atoms with E-state index in [0.29, 0.717) is 17.7 Å². The standard InChI is InChI=1S/C14H28N2O/c1-4-8-14(3)9-5-10-16(11-14)13(17)7-6-12(2)15/h12H,4-11,15H2,1-3H3. The number of nitrogens with two attached hydrogens (primary N) is 1. The topological polar surface area (TPSA) is 46.3 Å². The highest BCUT2D eigenvalue weighted by atomic mass is 16.2. The Morgan fingerprint density at radius 1 is 1.53 bits per heavy atom. The minimum absolute atomic E-state index is 0.130. The lowest BCUT2D eigenvalue weighted by atomic mass is 9.78. The number of nitrogens with zero attached hydrogens (tertiary/aromatic N) is 1. The number of hydrogen-bond donors (Lipinski definition) is 1. The number of likely N-dealkylation sites (tertiary alicyclic amines) is 1. The smallest absolute Gasteiger partial charge is 0.222 e. The number of carbonyl (C=O) groups excluding carboxylic acids is 1. The molecule has 2 atom stereocenters. The van der Waals surface area contributed by atoms with Gasteiger partial charge in [0.2, 0.25) is 5.91 Å². The molecule has 2 unspecified atom stereocenters. The monoisotopic (exact) mass is 240 g/mol. The first-order valence-electron chi connectivity index (χ1n) is 7.00. The normalized spacial score (nSPS) is 26.9. The van der Waals surface area contributed by atoms with Crippen LogP contribution in [0.4, 0.5) is 0 Å². The quantitative estimate of drug-likeness (QED) is 0.802. The van der Waals surface area contributed by atoms with Gasteiger partial charge in [0.1, 0.15) is 0 Å². The van der Waals surface area contributed by atoms with Crippen molar-refractivity contribution in [3.63, 3.8) is 0 Å². The Hall–Kier alpha value is -0.570. The van der Waals surface area contributed by atoms with Crippen molar-refractivity contribution in [3.05, 3.63) is 0 Å². The Balaban J connectivity index is 2.45. The van der Waals surface area contributed by atoms with Crippen LogP contribution in [0.5, 0.6) is 0 Å². The molecule has 0 aliphatic carbocycles. The molecule has 0 aromatic rings. The molecule has 0 radical (unpaired) electrons. The summed E-state index contributed by atoms with van der Waals surface area (Å²) in [6.07, 6.45) is 6.26. The van der Waals surface area contributed by atoms with Crippen LogP contribution in [0, 0.1) is 5.41 Å². The van der Waals surface area contributed by atoms with Crippen LogP contribution in [-0.2, 0) is 4.79 Å². The van der Waals surface area contributed by atoms with Gasteiger partial charge in [-0.3, -0.25) is 4.79 Å². The van der Waals surface area contributed by atoms with E-state index in [0.717, 1.165) is 25.9 Å². The van der Waals surface area contributed by atoms with Gasteiger partial charge in [0.15, 0.2) is 0 Å². The molecule has 1 aliphatic heterocycles. The summed E-state index contributed by atoms with van der Waals surface area (Å²) in [5.74, 6) is 0.296. The Morgan fingerprint density at radius 2 is 2.24 bits per heavy atom. The molecule has 0 spiro atoms. The zero-order chi connectivity index (χ0) is 12.9. The minimum atomic E-state index is 0.130. The molecule has 1 heterocycles. The maximum absolute atomic E-state index is 12.1. The van der Waals surface area contributed by atoms with Crippen molar-refractivity contribution in [2.24, 2.45) is 11.1 Å². The molecule has 0 bridgehead atoms. The molecule has 0 saturated carbocycles. The molecule has 0 aromatic heterocycles. The van der Waals surface area contributed by atoms with Crippen molar-refractivity contribution < 1.29 is 4.79 Å². The van der Waals surface area contributed by atoms with Crippen LogP contribution in [0.3, 0.4) is 0 Å². The lowest BCUT2D eigenvalue weighted by Crippen LogP contribution is -2.45. The van der Waals surface area contributed by atoms with Gasteiger partial charge in [0.25, 0.3) is 0 Å². The highest BCUT2D eigenvalue weighted by Gasteiger charge is 2.31. The fraction of sp³-hybridized carbons (Fsp3) is 0.929.